The molecule has 2 rings (SSSR count). The van der Waals surface area contributed by atoms with Crippen LogP contribution >= 0.6 is 15.9 Å². The van der Waals surface area contributed by atoms with Gasteiger partial charge in [-0.3, -0.25) is 14.2 Å². The Bertz CT molecular complexity index is 721. The number of carboxylic acid groups (broad SMARTS) is 1. The molecule has 0 saturated heterocycles. The molecule has 0 saturated carbocycles. The van der Waals surface area contributed by atoms with E-state index in [9.17, 15) is 14.7 Å². The SMILES string of the molecule is CCn1ncc(Br)c1CN(C)C(=O)c1cnn(C)c1C(=O)O. The summed E-state index contributed by atoms with van der Waals surface area (Å²) in [6.45, 7) is 2.94. The van der Waals surface area contributed by atoms with Crippen molar-refractivity contribution in [1.29, 1.82) is 0 Å². The standard InChI is InChI=1S/C13H16BrN5O3/c1-4-19-10(9(14)6-16-19)7-17(2)12(20)8-5-15-18(3)11(8)13(21)22/h5-6H,4,7H2,1-3H3,(H,21,22). The molecular weight excluding hydrogens is 354 g/mol. The first-order chi connectivity index (χ1) is 10.4. The Kier molecular flexibility index (Phi) is 4.65. The molecule has 0 bridgehead atoms. The van der Waals surface area contributed by atoms with E-state index in [2.05, 4.69) is 26.1 Å². The van der Waals surface area contributed by atoms with Crippen LogP contribution in [0.2, 0.25) is 0 Å². The average Bonchev–Trinajstić information content (AvgIpc) is 3.02. The fourth-order valence-corrected chi connectivity index (χ4v) is 2.59. The zero-order valence-electron chi connectivity index (χ0n) is 12.4. The first-order valence-electron chi connectivity index (χ1n) is 6.57. The van der Waals surface area contributed by atoms with Gasteiger partial charge in [0.1, 0.15) is 0 Å². The van der Waals surface area contributed by atoms with Gasteiger partial charge in [0.15, 0.2) is 5.69 Å². The minimum absolute atomic E-state index is 0.0659. The molecule has 0 spiro atoms. The maximum absolute atomic E-state index is 12.5. The van der Waals surface area contributed by atoms with Crippen LogP contribution in [0, 0.1) is 0 Å². The predicted molar refractivity (Wildman–Crippen MR) is 81.6 cm³/mol. The van der Waals surface area contributed by atoms with Gasteiger partial charge in [-0.1, -0.05) is 0 Å². The topological polar surface area (TPSA) is 93.3 Å². The van der Waals surface area contributed by atoms with E-state index in [0.29, 0.717) is 13.1 Å². The molecule has 2 heterocycles. The largest absolute Gasteiger partial charge is 0.477 e. The van der Waals surface area contributed by atoms with Crippen LogP contribution < -0.4 is 0 Å². The van der Waals surface area contributed by atoms with E-state index < -0.39 is 11.9 Å². The van der Waals surface area contributed by atoms with Crippen molar-refractivity contribution in [2.45, 2.75) is 20.0 Å². The van der Waals surface area contributed by atoms with E-state index >= 15 is 0 Å². The average molecular weight is 370 g/mol. The molecule has 22 heavy (non-hydrogen) atoms. The van der Waals surface area contributed by atoms with E-state index in [1.165, 1.54) is 22.8 Å². The Morgan fingerprint density at radius 2 is 2.05 bits per heavy atom. The fourth-order valence-electron chi connectivity index (χ4n) is 2.17. The highest BCUT2D eigenvalue weighted by Crippen LogP contribution is 2.19. The normalized spacial score (nSPS) is 10.7. The number of hydrogen-bond donors (Lipinski definition) is 1. The monoisotopic (exact) mass is 369 g/mol. The van der Waals surface area contributed by atoms with Crippen molar-refractivity contribution in [1.82, 2.24) is 24.5 Å². The number of carbonyl (C=O) groups is 2. The number of carbonyl (C=O) groups excluding carboxylic acids is 1. The Balaban J connectivity index is 2.27. The zero-order chi connectivity index (χ0) is 16.4. The molecule has 118 valence electrons. The van der Waals surface area contributed by atoms with Gasteiger partial charge in [-0.25, -0.2) is 4.79 Å². The molecule has 0 atom stereocenters. The van der Waals surface area contributed by atoms with Crippen LogP contribution in [0.5, 0.6) is 0 Å². The highest BCUT2D eigenvalue weighted by Gasteiger charge is 2.25. The van der Waals surface area contributed by atoms with Crippen molar-refractivity contribution in [3.63, 3.8) is 0 Å². The number of hydrogen-bond acceptors (Lipinski definition) is 4. The summed E-state index contributed by atoms with van der Waals surface area (Å²) in [6.07, 6.45) is 2.94. The Labute approximate surface area is 135 Å². The smallest absolute Gasteiger partial charge is 0.354 e. The maximum Gasteiger partial charge on any atom is 0.354 e. The van der Waals surface area contributed by atoms with E-state index in [-0.39, 0.29) is 11.3 Å². The van der Waals surface area contributed by atoms with Gasteiger partial charge in [0.25, 0.3) is 5.91 Å². The molecule has 8 nitrogen and oxygen atoms in total. The van der Waals surface area contributed by atoms with Gasteiger partial charge >= 0.3 is 5.97 Å². The number of rotatable bonds is 5. The first kappa shape index (κ1) is 16.2. The molecule has 0 aliphatic rings. The second-order valence-electron chi connectivity index (χ2n) is 4.75. The molecule has 1 N–H and O–H groups in total. The number of aryl methyl sites for hydroxylation is 2. The lowest BCUT2D eigenvalue weighted by molar-refractivity contribution is 0.0669. The Hall–Kier alpha value is -2.16. The molecule has 9 heteroatoms. The van der Waals surface area contributed by atoms with Crippen molar-refractivity contribution >= 4 is 27.8 Å². The highest BCUT2D eigenvalue weighted by molar-refractivity contribution is 9.10. The lowest BCUT2D eigenvalue weighted by Crippen LogP contribution is -2.29. The van der Waals surface area contributed by atoms with Crippen LogP contribution in [0.1, 0.15) is 33.5 Å². The molecule has 0 radical (unpaired) electrons. The van der Waals surface area contributed by atoms with Crippen LogP contribution in [0.25, 0.3) is 0 Å². The minimum atomic E-state index is -1.18. The number of aromatic nitrogens is 4. The van der Waals surface area contributed by atoms with Gasteiger partial charge in [-0.2, -0.15) is 10.2 Å². The Morgan fingerprint density at radius 1 is 1.36 bits per heavy atom. The van der Waals surface area contributed by atoms with Gasteiger partial charge in [0.05, 0.1) is 34.7 Å². The third-order valence-electron chi connectivity index (χ3n) is 3.30. The van der Waals surface area contributed by atoms with Crippen molar-refractivity contribution in [2.75, 3.05) is 7.05 Å². The van der Waals surface area contributed by atoms with Crippen LogP contribution in [-0.4, -0.2) is 48.5 Å². The molecule has 2 aromatic rings. The molecular formula is C13H16BrN5O3. The molecule has 0 fully saturated rings. The van der Waals surface area contributed by atoms with E-state index in [1.54, 1.807) is 17.9 Å². The van der Waals surface area contributed by atoms with Gasteiger partial charge in [-0.15, -0.1) is 0 Å². The van der Waals surface area contributed by atoms with Gasteiger partial charge in [0.2, 0.25) is 0 Å². The lowest BCUT2D eigenvalue weighted by Gasteiger charge is -2.18. The summed E-state index contributed by atoms with van der Waals surface area (Å²) in [7, 11) is 3.10. The summed E-state index contributed by atoms with van der Waals surface area (Å²) in [5, 5.41) is 17.2. The molecule has 0 aliphatic carbocycles. The third-order valence-corrected chi connectivity index (χ3v) is 3.97. The Morgan fingerprint density at radius 3 is 2.64 bits per heavy atom. The van der Waals surface area contributed by atoms with E-state index in [1.807, 2.05) is 6.92 Å². The van der Waals surface area contributed by atoms with E-state index in [0.717, 1.165) is 10.2 Å². The summed E-state index contributed by atoms with van der Waals surface area (Å²) in [5.41, 5.74) is 0.787. The number of amides is 1. The molecule has 2 aromatic heterocycles. The minimum Gasteiger partial charge on any atom is -0.477 e. The summed E-state index contributed by atoms with van der Waals surface area (Å²) < 4.78 is 3.75. The first-order valence-corrected chi connectivity index (χ1v) is 7.37. The number of nitrogens with zero attached hydrogens (tertiary/aromatic N) is 5. The second-order valence-corrected chi connectivity index (χ2v) is 5.61. The molecule has 1 amide bonds. The van der Waals surface area contributed by atoms with Crippen LogP contribution in [0.15, 0.2) is 16.9 Å². The van der Waals surface area contributed by atoms with Gasteiger partial charge in [-0.05, 0) is 22.9 Å². The second kappa shape index (κ2) is 6.30. The van der Waals surface area contributed by atoms with E-state index in [4.69, 9.17) is 0 Å². The lowest BCUT2D eigenvalue weighted by atomic mass is 10.2. The summed E-state index contributed by atoms with van der Waals surface area (Å²) in [6, 6.07) is 0. The fraction of sp³-hybridized carbons (Fsp3) is 0.385. The maximum atomic E-state index is 12.5. The number of halogens is 1. The van der Waals surface area contributed by atoms with Crippen LogP contribution in [0.4, 0.5) is 0 Å². The van der Waals surface area contributed by atoms with Crippen LogP contribution in [-0.2, 0) is 20.1 Å². The number of aromatic carboxylic acids is 1. The summed E-state index contributed by atoms with van der Waals surface area (Å²) in [4.78, 5) is 25.2. The molecule has 0 aliphatic heterocycles. The van der Waals surface area contributed by atoms with Crippen LogP contribution in [0.3, 0.4) is 0 Å². The number of carboxylic acids is 1. The summed E-state index contributed by atoms with van der Waals surface area (Å²) >= 11 is 3.40. The van der Waals surface area contributed by atoms with Gasteiger partial charge in [0, 0.05) is 20.6 Å². The predicted octanol–water partition coefficient (Wildman–Crippen LogP) is 1.37. The zero-order valence-corrected chi connectivity index (χ0v) is 14.0. The molecule has 0 aromatic carbocycles. The van der Waals surface area contributed by atoms with Crippen molar-refractivity contribution in [3.05, 3.63) is 33.8 Å². The highest BCUT2D eigenvalue weighted by atomic mass is 79.9. The van der Waals surface area contributed by atoms with Crippen molar-refractivity contribution < 1.29 is 14.7 Å². The molecule has 0 unspecified atom stereocenters. The third kappa shape index (κ3) is 2.89. The summed E-state index contributed by atoms with van der Waals surface area (Å²) in [5.74, 6) is -1.59. The quantitative estimate of drug-likeness (QED) is 0.858. The van der Waals surface area contributed by atoms with Crippen molar-refractivity contribution in [2.24, 2.45) is 7.05 Å². The van der Waals surface area contributed by atoms with Gasteiger partial charge < -0.3 is 10.0 Å². The van der Waals surface area contributed by atoms with Crippen molar-refractivity contribution in [3.8, 4) is 0 Å².